The molecule has 4 nitrogen and oxygen atoms in total. The van der Waals surface area contributed by atoms with E-state index in [1.165, 1.54) is 0 Å². The van der Waals surface area contributed by atoms with E-state index in [0.717, 1.165) is 11.1 Å². The largest absolute Gasteiger partial charge is 0.412 e. The Morgan fingerprint density at radius 2 is 1.66 bits per heavy atom. The maximum absolute atomic E-state index is 13.1. The van der Waals surface area contributed by atoms with Crippen LogP contribution in [0.3, 0.4) is 0 Å². The molecule has 156 valence electrons. The fourth-order valence-corrected chi connectivity index (χ4v) is 4.93. The molecule has 0 unspecified atom stereocenters. The van der Waals surface area contributed by atoms with Crippen molar-refractivity contribution in [2.45, 2.75) is 57.5 Å². The Morgan fingerprint density at radius 1 is 1.07 bits per heavy atom. The summed E-state index contributed by atoms with van der Waals surface area (Å²) in [5.74, 6) is -0.0370. The van der Waals surface area contributed by atoms with Crippen molar-refractivity contribution in [2.75, 3.05) is 13.2 Å². The highest BCUT2D eigenvalue weighted by atomic mass is 28.4. The standard InChI is InChI=1S/C24H33NO3Si/c1-24(2,3)29(4,5)28-22-15-21(17-26)25(16-22)23(27)20-13-11-19(12-14-20)18-9-7-6-8-10-18/h6-14,21-22,26H,15-17H2,1-5H3/t21-,22+/m0/s1. The molecule has 29 heavy (non-hydrogen) atoms. The summed E-state index contributed by atoms with van der Waals surface area (Å²) in [6, 6.07) is 17.6. The lowest BCUT2D eigenvalue weighted by Gasteiger charge is -2.38. The topological polar surface area (TPSA) is 49.8 Å². The molecular formula is C24H33NO3Si. The van der Waals surface area contributed by atoms with Crippen molar-refractivity contribution in [2.24, 2.45) is 0 Å². The Hall–Kier alpha value is -1.95. The quantitative estimate of drug-likeness (QED) is 0.708. The van der Waals surface area contributed by atoms with Crippen LogP contribution in [0.25, 0.3) is 11.1 Å². The summed E-state index contributed by atoms with van der Waals surface area (Å²) in [7, 11) is -1.92. The van der Waals surface area contributed by atoms with Crippen LogP contribution in [0.1, 0.15) is 37.6 Å². The van der Waals surface area contributed by atoms with Gasteiger partial charge in [-0.05, 0) is 47.8 Å². The van der Waals surface area contributed by atoms with Gasteiger partial charge in [0.2, 0.25) is 0 Å². The average Bonchev–Trinajstić information content (AvgIpc) is 3.09. The number of nitrogens with zero attached hydrogens (tertiary/aromatic N) is 1. The Labute approximate surface area is 175 Å². The molecule has 1 amide bonds. The monoisotopic (exact) mass is 411 g/mol. The maximum atomic E-state index is 13.1. The average molecular weight is 412 g/mol. The Morgan fingerprint density at radius 3 is 2.21 bits per heavy atom. The van der Waals surface area contributed by atoms with Crippen molar-refractivity contribution in [1.82, 2.24) is 4.90 Å². The summed E-state index contributed by atoms with van der Waals surface area (Å²) >= 11 is 0. The molecule has 0 aromatic heterocycles. The summed E-state index contributed by atoms with van der Waals surface area (Å²) in [6.45, 7) is 11.6. The van der Waals surface area contributed by atoms with Crippen LogP contribution in [-0.2, 0) is 4.43 Å². The molecule has 1 fully saturated rings. The first-order valence-electron chi connectivity index (χ1n) is 10.4. The molecule has 0 aliphatic carbocycles. The number of likely N-dealkylation sites (tertiary alicyclic amines) is 1. The van der Waals surface area contributed by atoms with Crippen LogP contribution in [0, 0.1) is 0 Å². The molecule has 1 saturated heterocycles. The number of carbonyl (C=O) groups is 1. The number of amides is 1. The summed E-state index contributed by atoms with van der Waals surface area (Å²) < 4.78 is 6.52. The SMILES string of the molecule is CC(C)(C)[Si](C)(C)O[C@@H]1C[C@@H](CO)N(C(=O)c2ccc(-c3ccccc3)cc2)C1. The summed E-state index contributed by atoms with van der Waals surface area (Å²) in [5, 5.41) is 9.98. The van der Waals surface area contributed by atoms with Gasteiger partial charge in [-0.1, -0.05) is 63.2 Å². The number of rotatable bonds is 5. The fraction of sp³-hybridized carbons (Fsp3) is 0.458. The first kappa shape index (κ1) is 21.7. The highest BCUT2D eigenvalue weighted by Crippen LogP contribution is 2.39. The first-order valence-corrected chi connectivity index (χ1v) is 13.3. The molecule has 2 aromatic carbocycles. The van der Waals surface area contributed by atoms with Crippen LogP contribution in [0.5, 0.6) is 0 Å². The van der Waals surface area contributed by atoms with Crippen molar-refractivity contribution in [1.29, 1.82) is 0 Å². The highest BCUT2D eigenvalue weighted by molar-refractivity contribution is 6.74. The molecule has 0 radical (unpaired) electrons. The van der Waals surface area contributed by atoms with Gasteiger partial charge in [-0.25, -0.2) is 0 Å². The predicted octanol–water partition coefficient (Wildman–Crippen LogP) is 4.95. The van der Waals surface area contributed by atoms with E-state index in [-0.39, 0.29) is 29.7 Å². The second-order valence-corrected chi connectivity index (χ2v) is 14.2. The zero-order valence-corrected chi connectivity index (χ0v) is 19.2. The Balaban J connectivity index is 1.73. The lowest BCUT2D eigenvalue weighted by atomic mass is 10.0. The number of aliphatic hydroxyl groups is 1. The normalized spacial score (nSPS) is 20.1. The molecule has 2 aromatic rings. The molecular weight excluding hydrogens is 378 g/mol. The van der Waals surface area contributed by atoms with E-state index >= 15 is 0 Å². The molecule has 2 atom stereocenters. The minimum atomic E-state index is -1.92. The molecule has 1 heterocycles. The van der Waals surface area contributed by atoms with Gasteiger partial charge in [0.25, 0.3) is 5.91 Å². The van der Waals surface area contributed by atoms with Crippen molar-refractivity contribution >= 4 is 14.2 Å². The zero-order chi connectivity index (χ0) is 21.2. The minimum absolute atomic E-state index is 0.0133. The molecule has 1 N–H and O–H groups in total. The fourth-order valence-electron chi connectivity index (χ4n) is 3.58. The Kier molecular flexibility index (Phi) is 6.32. The van der Waals surface area contributed by atoms with E-state index in [9.17, 15) is 9.90 Å². The van der Waals surface area contributed by atoms with E-state index in [0.29, 0.717) is 18.5 Å². The zero-order valence-electron chi connectivity index (χ0n) is 18.2. The van der Waals surface area contributed by atoms with Gasteiger partial charge in [0.05, 0.1) is 18.8 Å². The lowest BCUT2D eigenvalue weighted by Crippen LogP contribution is -2.44. The third kappa shape index (κ3) is 4.79. The predicted molar refractivity (Wildman–Crippen MR) is 120 cm³/mol. The maximum Gasteiger partial charge on any atom is 0.254 e. The highest BCUT2D eigenvalue weighted by Gasteiger charge is 2.43. The van der Waals surface area contributed by atoms with Crippen molar-refractivity contribution < 1.29 is 14.3 Å². The number of hydrogen-bond acceptors (Lipinski definition) is 3. The minimum Gasteiger partial charge on any atom is -0.412 e. The van der Waals surface area contributed by atoms with Gasteiger partial charge in [0.15, 0.2) is 8.32 Å². The molecule has 1 aliphatic rings. The van der Waals surface area contributed by atoms with Gasteiger partial charge in [-0.3, -0.25) is 4.79 Å². The number of carbonyl (C=O) groups excluding carboxylic acids is 1. The van der Waals surface area contributed by atoms with Crippen LogP contribution in [0.15, 0.2) is 54.6 Å². The molecule has 0 spiro atoms. The first-order chi connectivity index (χ1) is 13.6. The van der Waals surface area contributed by atoms with Crippen LogP contribution in [-0.4, -0.2) is 49.5 Å². The van der Waals surface area contributed by atoms with E-state index in [1.54, 1.807) is 4.90 Å². The molecule has 1 aliphatic heterocycles. The number of hydrogen-bond donors (Lipinski definition) is 1. The van der Waals surface area contributed by atoms with Crippen LogP contribution < -0.4 is 0 Å². The molecule has 3 rings (SSSR count). The van der Waals surface area contributed by atoms with Crippen LogP contribution in [0.4, 0.5) is 0 Å². The molecule has 0 bridgehead atoms. The van der Waals surface area contributed by atoms with E-state index in [1.807, 2.05) is 42.5 Å². The molecule has 5 heteroatoms. The van der Waals surface area contributed by atoms with Gasteiger partial charge >= 0.3 is 0 Å². The summed E-state index contributed by atoms with van der Waals surface area (Å²) in [4.78, 5) is 14.9. The van der Waals surface area contributed by atoms with Gasteiger partial charge in [0.1, 0.15) is 0 Å². The second-order valence-electron chi connectivity index (χ2n) is 9.47. The van der Waals surface area contributed by atoms with E-state index in [2.05, 4.69) is 46.0 Å². The third-order valence-electron chi connectivity index (χ3n) is 6.35. The van der Waals surface area contributed by atoms with Gasteiger partial charge in [-0.15, -0.1) is 0 Å². The van der Waals surface area contributed by atoms with Gasteiger partial charge in [-0.2, -0.15) is 0 Å². The second kappa shape index (κ2) is 8.42. The number of aliphatic hydroxyl groups excluding tert-OH is 1. The van der Waals surface area contributed by atoms with E-state index < -0.39 is 8.32 Å². The van der Waals surface area contributed by atoms with Crippen molar-refractivity contribution in [3.63, 3.8) is 0 Å². The van der Waals surface area contributed by atoms with Crippen LogP contribution in [0.2, 0.25) is 18.1 Å². The van der Waals surface area contributed by atoms with Gasteiger partial charge < -0.3 is 14.4 Å². The van der Waals surface area contributed by atoms with Gasteiger partial charge in [0, 0.05) is 12.1 Å². The number of benzene rings is 2. The van der Waals surface area contributed by atoms with Crippen molar-refractivity contribution in [3.8, 4) is 11.1 Å². The summed E-state index contributed by atoms with van der Waals surface area (Å²) in [5.41, 5.74) is 2.86. The smallest absolute Gasteiger partial charge is 0.254 e. The summed E-state index contributed by atoms with van der Waals surface area (Å²) in [6.07, 6.45) is 0.678. The lowest BCUT2D eigenvalue weighted by molar-refractivity contribution is 0.0666. The van der Waals surface area contributed by atoms with Crippen LogP contribution >= 0.6 is 0 Å². The van der Waals surface area contributed by atoms with Crippen molar-refractivity contribution in [3.05, 3.63) is 60.2 Å². The third-order valence-corrected chi connectivity index (χ3v) is 10.9. The molecule has 0 saturated carbocycles. The van der Waals surface area contributed by atoms with E-state index in [4.69, 9.17) is 4.43 Å². The Bertz CT molecular complexity index is 827.